The Hall–Kier alpha value is -1.64. The summed E-state index contributed by atoms with van der Waals surface area (Å²) in [6.07, 6.45) is 2.73. The zero-order valence-corrected chi connectivity index (χ0v) is 7.29. The Balaban J connectivity index is 2.05. The minimum absolute atomic E-state index is 0.588. The molecule has 3 heteroatoms. The van der Waals surface area contributed by atoms with Gasteiger partial charge in [0.1, 0.15) is 5.76 Å². The summed E-state index contributed by atoms with van der Waals surface area (Å²) in [5.74, 6) is 0.977. The Morgan fingerprint density at radius 3 is 2.69 bits per heavy atom. The van der Waals surface area contributed by atoms with Gasteiger partial charge in [0.15, 0.2) is 6.73 Å². The van der Waals surface area contributed by atoms with Gasteiger partial charge in [-0.05, 0) is 17.7 Å². The molecule has 68 valence electrons. The SMILES string of the molecule is Nc1ccc(CC2=CNCO2)cc1. The predicted octanol–water partition coefficient (Wildman–Crippen LogP) is 1.23. The summed E-state index contributed by atoms with van der Waals surface area (Å²) < 4.78 is 5.31. The third kappa shape index (κ3) is 1.93. The number of nitrogens with one attached hydrogen (secondary N) is 1. The Morgan fingerprint density at radius 1 is 1.31 bits per heavy atom. The van der Waals surface area contributed by atoms with E-state index in [9.17, 15) is 0 Å². The van der Waals surface area contributed by atoms with E-state index in [4.69, 9.17) is 10.5 Å². The lowest BCUT2D eigenvalue weighted by Crippen LogP contribution is -1.99. The van der Waals surface area contributed by atoms with Crippen molar-refractivity contribution in [3.63, 3.8) is 0 Å². The first kappa shape index (κ1) is 7.98. The molecule has 13 heavy (non-hydrogen) atoms. The Morgan fingerprint density at radius 2 is 2.08 bits per heavy atom. The molecule has 0 amide bonds. The third-order valence-electron chi connectivity index (χ3n) is 1.96. The zero-order chi connectivity index (χ0) is 9.10. The number of anilines is 1. The maximum absolute atomic E-state index is 5.58. The fourth-order valence-electron chi connectivity index (χ4n) is 1.27. The molecule has 0 aromatic heterocycles. The summed E-state index contributed by atoms with van der Waals surface area (Å²) in [6, 6.07) is 7.83. The first-order chi connectivity index (χ1) is 6.34. The van der Waals surface area contributed by atoms with Gasteiger partial charge in [-0.25, -0.2) is 0 Å². The van der Waals surface area contributed by atoms with Crippen molar-refractivity contribution in [3.05, 3.63) is 41.8 Å². The van der Waals surface area contributed by atoms with Crippen molar-refractivity contribution in [2.45, 2.75) is 6.42 Å². The molecular weight excluding hydrogens is 164 g/mol. The molecule has 0 fully saturated rings. The molecule has 0 radical (unpaired) electrons. The van der Waals surface area contributed by atoms with Crippen LogP contribution < -0.4 is 11.1 Å². The second-order valence-electron chi connectivity index (χ2n) is 3.02. The number of rotatable bonds is 2. The molecule has 0 unspecified atom stereocenters. The van der Waals surface area contributed by atoms with Crippen molar-refractivity contribution in [2.24, 2.45) is 0 Å². The van der Waals surface area contributed by atoms with E-state index < -0.39 is 0 Å². The summed E-state index contributed by atoms with van der Waals surface area (Å²) >= 11 is 0. The second kappa shape index (κ2) is 3.39. The summed E-state index contributed by atoms with van der Waals surface area (Å²) in [7, 11) is 0. The minimum atomic E-state index is 0.588. The van der Waals surface area contributed by atoms with E-state index in [0.29, 0.717) is 6.73 Å². The number of nitrogen functional groups attached to an aromatic ring is 1. The van der Waals surface area contributed by atoms with Gasteiger partial charge in [0.25, 0.3) is 0 Å². The molecule has 0 spiro atoms. The fourth-order valence-corrected chi connectivity index (χ4v) is 1.27. The van der Waals surface area contributed by atoms with E-state index in [1.165, 1.54) is 5.56 Å². The maximum Gasteiger partial charge on any atom is 0.158 e. The minimum Gasteiger partial charge on any atom is -0.476 e. The van der Waals surface area contributed by atoms with Gasteiger partial charge in [-0.3, -0.25) is 0 Å². The quantitative estimate of drug-likeness (QED) is 0.666. The highest BCUT2D eigenvalue weighted by molar-refractivity contribution is 5.40. The van der Waals surface area contributed by atoms with Crippen LogP contribution in [0.25, 0.3) is 0 Å². The number of nitrogens with two attached hydrogens (primary N) is 1. The first-order valence-electron chi connectivity index (χ1n) is 4.24. The van der Waals surface area contributed by atoms with Gasteiger partial charge >= 0.3 is 0 Å². The topological polar surface area (TPSA) is 47.3 Å². The zero-order valence-electron chi connectivity index (χ0n) is 7.29. The summed E-state index contributed by atoms with van der Waals surface area (Å²) in [5, 5.41) is 3.00. The van der Waals surface area contributed by atoms with Crippen molar-refractivity contribution in [1.29, 1.82) is 0 Å². The summed E-state index contributed by atoms with van der Waals surface area (Å²) in [6.45, 7) is 0.588. The van der Waals surface area contributed by atoms with Gasteiger partial charge < -0.3 is 15.8 Å². The predicted molar refractivity (Wildman–Crippen MR) is 51.7 cm³/mol. The summed E-state index contributed by atoms with van der Waals surface area (Å²) in [4.78, 5) is 0. The highest BCUT2D eigenvalue weighted by Gasteiger charge is 2.04. The molecule has 3 N–H and O–H groups in total. The number of hydrogen-bond acceptors (Lipinski definition) is 3. The smallest absolute Gasteiger partial charge is 0.158 e. The van der Waals surface area contributed by atoms with Crippen molar-refractivity contribution in [2.75, 3.05) is 12.5 Å². The van der Waals surface area contributed by atoms with Gasteiger partial charge in [0.2, 0.25) is 0 Å². The lowest BCUT2D eigenvalue weighted by molar-refractivity contribution is 0.227. The van der Waals surface area contributed by atoms with Crippen LogP contribution >= 0.6 is 0 Å². The molecule has 1 aromatic rings. The van der Waals surface area contributed by atoms with E-state index in [1.54, 1.807) is 0 Å². The fraction of sp³-hybridized carbons (Fsp3) is 0.200. The average molecular weight is 176 g/mol. The number of benzene rings is 1. The molecule has 0 saturated carbocycles. The molecule has 0 bridgehead atoms. The Kier molecular flexibility index (Phi) is 2.08. The highest BCUT2D eigenvalue weighted by Crippen LogP contribution is 2.12. The Bertz CT molecular complexity index is 316. The molecule has 1 aliphatic rings. The first-order valence-corrected chi connectivity index (χ1v) is 4.24. The van der Waals surface area contributed by atoms with Crippen molar-refractivity contribution in [3.8, 4) is 0 Å². The van der Waals surface area contributed by atoms with Crippen LogP contribution in [-0.4, -0.2) is 6.73 Å². The lowest BCUT2D eigenvalue weighted by Gasteiger charge is -2.02. The van der Waals surface area contributed by atoms with Crippen LogP contribution in [0, 0.1) is 0 Å². The van der Waals surface area contributed by atoms with Crippen LogP contribution in [0.1, 0.15) is 5.56 Å². The number of ether oxygens (including phenoxy) is 1. The van der Waals surface area contributed by atoms with Crippen LogP contribution in [0.15, 0.2) is 36.2 Å². The molecule has 2 rings (SSSR count). The van der Waals surface area contributed by atoms with Crippen LogP contribution in [0.4, 0.5) is 5.69 Å². The highest BCUT2D eigenvalue weighted by atomic mass is 16.5. The molecule has 1 aliphatic heterocycles. The van der Waals surface area contributed by atoms with Crippen LogP contribution in [0.3, 0.4) is 0 Å². The Labute approximate surface area is 77.2 Å². The molecule has 1 aromatic carbocycles. The van der Waals surface area contributed by atoms with Gasteiger partial charge in [0.05, 0.1) is 0 Å². The standard InChI is InChI=1S/C10H12N2O/c11-9-3-1-8(2-4-9)5-10-6-12-7-13-10/h1-4,6,12H,5,7,11H2. The normalized spacial score (nSPS) is 14.6. The van der Waals surface area contributed by atoms with E-state index in [2.05, 4.69) is 5.32 Å². The van der Waals surface area contributed by atoms with Crippen molar-refractivity contribution >= 4 is 5.69 Å². The van der Waals surface area contributed by atoms with E-state index in [0.717, 1.165) is 17.9 Å². The largest absolute Gasteiger partial charge is 0.476 e. The maximum atomic E-state index is 5.58. The van der Waals surface area contributed by atoms with E-state index in [1.807, 2.05) is 30.5 Å². The van der Waals surface area contributed by atoms with E-state index in [-0.39, 0.29) is 0 Å². The molecule has 0 atom stereocenters. The van der Waals surface area contributed by atoms with Crippen LogP contribution in [-0.2, 0) is 11.2 Å². The second-order valence-corrected chi connectivity index (χ2v) is 3.02. The molecule has 3 nitrogen and oxygen atoms in total. The monoisotopic (exact) mass is 176 g/mol. The van der Waals surface area contributed by atoms with Crippen molar-refractivity contribution < 1.29 is 4.74 Å². The lowest BCUT2D eigenvalue weighted by atomic mass is 10.1. The van der Waals surface area contributed by atoms with Gasteiger partial charge in [0, 0.05) is 18.3 Å². The average Bonchev–Trinajstić information content (AvgIpc) is 2.62. The molecule has 0 saturated heterocycles. The van der Waals surface area contributed by atoms with Crippen LogP contribution in [0.5, 0.6) is 0 Å². The van der Waals surface area contributed by atoms with Crippen LogP contribution in [0.2, 0.25) is 0 Å². The van der Waals surface area contributed by atoms with Crippen molar-refractivity contribution in [1.82, 2.24) is 5.32 Å². The number of allylic oxidation sites excluding steroid dienone is 1. The number of hydrogen-bond donors (Lipinski definition) is 2. The van der Waals surface area contributed by atoms with Gasteiger partial charge in [-0.2, -0.15) is 0 Å². The van der Waals surface area contributed by atoms with Gasteiger partial charge in [-0.1, -0.05) is 12.1 Å². The summed E-state index contributed by atoms with van der Waals surface area (Å²) in [5.41, 5.74) is 7.58. The van der Waals surface area contributed by atoms with Gasteiger partial charge in [-0.15, -0.1) is 0 Å². The molecule has 0 aliphatic carbocycles. The third-order valence-corrected chi connectivity index (χ3v) is 1.96. The van der Waals surface area contributed by atoms with E-state index >= 15 is 0 Å². The molecule has 1 heterocycles. The molecular formula is C10H12N2O.